The number of fused-ring (bicyclic) bond motifs is 1. The van der Waals surface area contributed by atoms with Gasteiger partial charge in [-0.1, -0.05) is 24.3 Å². The van der Waals surface area contributed by atoms with Gasteiger partial charge in [0.25, 0.3) is 5.91 Å². The van der Waals surface area contributed by atoms with Crippen LogP contribution in [0.5, 0.6) is 0 Å². The van der Waals surface area contributed by atoms with Crippen LogP contribution >= 0.6 is 0 Å². The van der Waals surface area contributed by atoms with Crippen LogP contribution < -0.4 is 5.32 Å². The van der Waals surface area contributed by atoms with Crippen molar-refractivity contribution in [3.05, 3.63) is 71.8 Å². The van der Waals surface area contributed by atoms with Crippen molar-refractivity contribution in [1.29, 1.82) is 0 Å². The average molecular weight is 465 g/mol. The van der Waals surface area contributed by atoms with E-state index in [2.05, 4.69) is 20.4 Å². The van der Waals surface area contributed by atoms with E-state index in [0.29, 0.717) is 16.8 Å². The first-order valence-corrected chi connectivity index (χ1v) is 9.29. The normalized spacial score (nSPS) is 12.2. The minimum Gasteiger partial charge on any atom is -0.321 e. The molecule has 1 amide bonds. The molecular formula is C21H13F6N5O. The summed E-state index contributed by atoms with van der Waals surface area (Å²) in [7, 11) is 1.13. The molecule has 3 heterocycles. The predicted octanol–water partition coefficient (Wildman–Crippen LogP) is 5.32. The van der Waals surface area contributed by atoms with E-state index in [0.717, 1.165) is 24.0 Å². The highest BCUT2D eigenvalue weighted by molar-refractivity contribution is 6.06. The molecule has 1 N–H and O–H groups in total. The van der Waals surface area contributed by atoms with Gasteiger partial charge in [-0.25, -0.2) is 0 Å². The van der Waals surface area contributed by atoms with E-state index in [-0.39, 0.29) is 11.4 Å². The second-order valence-electron chi connectivity index (χ2n) is 6.96. The highest BCUT2D eigenvalue weighted by Gasteiger charge is 2.43. The molecule has 0 saturated heterocycles. The quantitative estimate of drug-likeness (QED) is 0.416. The maximum absolute atomic E-state index is 14.1. The number of anilines is 1. The number of carbonyl (C=O) groups excluding carboxylic acids is 1. The summed E-state index contributed by atoms with van der Waals surface area (Å²) in [4.78, 5) is 20.0. The SMILES string of the molecule is Cn1nc(-c2nccc3ccccc23)c(C(F)(F)F)c1C(=O)Nc1ccnc(C(F)(F)F)c1. The maximum Gasteiger partial charge on any atom is 0.433 e. The summed E-state index contributed by atoms with van der Waals surface area (Å²) in [5.74, 6) is -1.29. The first-order chi connectivity index (χ1) is 15.5. The number of nitrogens with zero attached hydrogens (tertiary/aromatic N) is 4. The number of alkyl halides is 6. The van der Waals surface area contributed by atoms with Crippen molar-refractivity contribution in [2.24, 2.45) is 7.05 Å². The van der Waals surface area contributed by atoms with Crippen LogP contribution in [0.15, 0.2) is 54.9 Å². The topological polar surface area (TPSA) is 72.7 Å². The maximum atomic E-state index is 14.1. The Labute approximate surface area is 181 Å². The third kappa shape index (κ3) is 4.23. The number of hydrogen-bond donors (Lipinski definition) is 1. The van der Waals surface area contributed by atoms with Crippen molar-refractivity contribution in [1.82, 2.24) is 19.7 Å². The van der Waals surface area contributed by atoms with E-state index < -0.39 is 40.9 Å². The average Bonchev–Trinajstić information content (AvgIpc) is 3.10. The van der Waals surface area contributed by atoms with Crippen molar-refractivity contribution in [2.75, 3.05) is 5.32 Å². The minimum absolute atomic E-state index is 0.0849. The third-order valence-corrected chi connectivity index (χ3v) is 4.75. The lowest BCUT2D eigenvalue weighted by Crippen LogP contribution is -2.21. The standard InChI is InChI=1S/C21H13F6N5O/c1-32-18(19(33)30-12-7-9-28-14(10-12)20(22,23)24)15(21(25,26)27)17(31-32)16-13-5-3-2-4-11(13)6-8-29-16/h2-10H,1H3,(H,28,30,33). The van der Waals surface area contributed by atoms with Crippen molar-refractivity contribution in [2.45, 2.75) is 12.4 Å². The second-order valence-corrected chi connectivity index (χ2v) is 6.96. The molecule has 4 rings (SSSR count). The molecule has 0 unspecified atom stereocenters. The number of aryl methyl sites for hydroxylation is 1. The largest absolute Gasteiger partial charge is 0.433 e. The molecule has 0 aliphatic heterocycles. The molecular weight excluding hydrogens is 452 g/mol. The number of aromatic nitrogens is 4. The molecule has 33 heavy (non-hydrogen) atoms. The van der Waals surface area contributed by atoms with Crippen LogP contribution in [0.2, 0.25) is 0 Å². The van der Waals surface area contributed by atoms with Gasteiger partial charge in [0.05, 0.1) is 5.69 Å². The second kappa shape index (κ2) is 7.87. The molecule has 6 nitrogen and oxygen atoms in total. The van der Waals surface area contributed by atoms with Gasteiger partial charge in [-0.3, -0.25) is 19.4 Å². The number of halogens is 6. The summed E-state index contributed by atoms with van der Waals surface area (Å²) < 4.78 is 81.7. The Morgan fingerprint density at radius 3 is 2.30 bits per heavy atom. The number of nitrogens with one attached hydrogen (secondary N) is 1. The number of pyridine rings is 2. The van der Waals surface area contributed by atoms with Gasteiger partial charge in [0.2, 0.25) is 0 Å². The van der Waals surface area contributed by atoms with Crippen molar-refractivity contribution < 1.29 is 31.1 Å². The Balaban J connectivity index is 1.84. The van der Waals surface area contributed by atoms with E-state index in [1.54, 1.807) is 30.3 Å². The van der Waals surface area contributed by atoms with E-state index in [9.17, 15) is 31.1 Å². The van der Waals surface area contributed by atoms with Gasteiger partial charge in [-0.2, -0.15) is 31.4 Å². The fourth-order valence-corrected chi connectivity index (χ4v) is 3.38. The molecule has 0 aliphatic rings. The summed E-state index contributed by atoms with van der Waals surface area (Å²) in [5.41, 5.74) is -4.56. The molecule has 1 aromatic carbocycles. The number of carbonyl (C=O) groups is 1. The highest BCUT2D eigenvalue weighted by Crippen LogP contribution is 2.40. The van der Waals surface area contributed by atoms with Crippen LogP contribution in [0.3, 0.4) is 0 Å². The van der Waals surface area contributed by atoms with E-state index in [1.807, 2.05) is 0 Å². The summed E-state index contributed by atoms with van der Waals surface area (Å²) in [5, 5.41) is 6.97. The van der Waals surface area contributed by atoms with Gasteiger partial charge in [-0.15, -0.1) is 0 Å². The Hall–Kier alpha value is -3.96. The van der Waals surface area contributed by atoms with Crippen LogP contribution in [0, 0.1) is 0 Å². The van der Waals surface area contributed by atoms with E-state index >= 15 is 0 Å². The van der Waals surface area contributed by atoms with Gasteiger partial charge in [0.1, 0.15) is 22.6 Å². The number of rotatable bonds is 3. The van der Waals surface area contributed by atoms with Crippen molar-refractivity contribution in [3.63, 3.8) is 0 Å². The molecule has 170 valence electrons. The molecule has 4 aromatic rings. The zero-order valence-corrected chi connectivity index (χ0v) is 16.7. The number of benzene rings is 1. The molecule has 0 radical (unpaired) electrons. The fraction of sp³-hybridized carbons (Fsp3) is 0.143. The molecule has 3 aromatic heterocycles. The smallest absolute Gasteiger partial charge is 0.321 e. The Morgan fingerprint density at radius 2 is 1.61 bits per heavy atom. The summed E-state index contributed by atoms with van der Waals surface area (Å²) in [6.45, 7) is 0. The molecule has 0 saturated carbocycles. The first-order valence-electron chi connectivity index (χ1n) is 9.29. The number of hydrogen-bond acceptors (Lipinski definition) is 4. The van der Waals surface area contributed by atoms with Gasteiger partial charge < -0.3 is 5.32 Å². The molecule has 0 bridgehead atoms. The lowest BCUT2D eigenvalue weighted by atomic mass is 10.0. The highest BCUT2D eigenvalue weighted by atomic mass is 19.4. The van der Waals surface area contributed by atoms with Gasteiger partial charge in [-0.05, 0) is 23.6 Å². The minimum atomic E-state index is -5.01. The van der Waals surface area contributed by atoms with Crippen LogP contribution in [-0.2, 0) is 19.4 Å². The zero-order valence-electron chi connectivity index (χ0n) is 16.7. The first kappa shape index (κ1) is 22.2. The van der Waals surface area contributed by atoms with E-state index in [4.69, 9.17) is 0 Å². The number of amides is 1. The monoisotopic (exact) mass is 465 g/mol. The van der Waals surface area contributed by atoms with Crippen LogP contribution in [-0.4, -0.2) is 25.7 Å². The molecule has 0 aliphatic carbocycles. The molecule has 0 spiro atoms. The third-order valence-electron chi connectivity index (χ3n) is 4.75. The van der Waals surface area contributed by atoms with Crippen molar-refractivity contribution >= 4 is 22.4 Å². The van der Waals surface area contributed by atoms with Crippen molar-refractivity contribution in [3.8, 4) is 11.4 Å². The fourth-order valence-electron chi connectivity index (χ4n) is 3.38. The Bertz CT molecular complexity index is 1350. The lowest BCUT2D eigenvalue weighted by molar-refractivity contribution is -0.141. The van der Waals surface area contributed by atoms with E-state index in [1.165, 1.54) is 6.20 Å². The summed E-state index contributed by atoms with van der Waals surface area (Å²) in [6.07, 6.45) is -7.69. The zero-order chi connectivity index (χ0) is 24.0. The summed E-state index contributed by atoms with van der Waals surface area (Å²) in [6, 6.07) is 9.76. The summed E-state index contributed by atoms with van der Waals surface area (Å²) >= 11 is 0. The van der Waals surface area contributed by atoms with Gasteiger partial charge in [0.15, 0.2) is 0 Å². The van der Waals surface area contributed by atoms with Crippen LogP contribution in [0.1, 0.15) is 21.7 Å². The molecule has 0 atom stereocenters. The van der Waals surface area contributed by atoms with Crippen LogP contribution in [0.25, 0.3) is 22.2 Å². The van der Waals surface area contributed by atoms with Gasteiger partial charge in [0, 0.05) is 30.5 Å². The van der Waals surface area contributed by atoms with Gasteiger partial charge >= 0.3 is 12.4 Å². The molecule has 0 fully saturated rings. The van der Waals surface area contributed by atoms with Crippen LogP contribution in [0.4, 0.5) is 32.0 Å². The Kier molecular flexibility index (Phi) is 5.30. The molecule has 12 heteroatoms. The lowest BCUT2D eigenvalue weighted by Gasteiger charge is -2.12. The Morgan fingerprint density at radius 1 is 0.909 bits per heavy atom. The predicted molar refractivity (Wildman–Crippen MR) is 106 cm³/mol.